The van der Waals surface area contributed by atoms with E-state index in [0.29, 0.717) is 42.1 Å². The minimum Gasteiger partial charge on any atom is -0.485 e. The van der Waals surface area contributed by atoms with E-state index in [-0.39, 0.29) is 35.3 Å². The third-order valence-corrected chi connectivity index (χ3v) is 7.70. The Balaban J connectivity index is 1.33. The van der Waals surface area contributed by atoms with Gasteiger partial charge < -0.3 is 9.84 Å². The minimum absolute atomic E-state index is 0.0480. The molecular formula is C31H29F7N4O3. The van der Waals surface area contributed by atoms with E-state index < -0.39 is 48.5 Å². The largest absolute Gasteiger partial charge is 0.485 e. The molecule has 14 heteroatoms. The maximum Gasteiger partial charge on any atom is 0.433 e. The van der Waals surface area contributed by atoms with Crippen LogP contribution in [0.1, 0.15) is 35.4 Å². The molecule has 3 aromatic rings. The summed E-state index contributed by atoms with van der Waals surface area (Å²) in [5, 5.41) is 9.84. The maximum atomic E-state index is 15.2. The fourth-order valence-corrected chi connectivity index (χ4v) is 5.61. The lowest BCUT2D eigenvalue weighted by Crippen LogP contribution is -2.39. The number of anilines is 1. The van der Waals surface area contributed by atoms with Crippen LogP contribution in [0.2, 0.25) is 0 Å². The second kappa shape index (κ2) is 12.7. The Bertz CT molecular complexity index is 1580. The molecule has 2 aliphatic rings. The van der Waals surface area contributed by atoms with Crippen LogP contribution in [0.25, 0.3) is 11.3 Å². The second-order valence-corrected chi connectivity index (χ2v) is 11.0. The van der Waals surface area contributed by atoms with E-state index in [0.717, 1.165) is 5.56 Å². The number of benzene rings is 2. The summed E-state index contributed by atoms with van der Waals surface area (Å²) in [5.41, 5.74) is 2.63. The van der Waals surface area contributed by atoms with Gasteiger partial charge in [0, 0.05) is 12.1 Å². The van der Waals surface area contributed by atoms with Crippen LogP contribution in [-0.2, 0) is 11.4 Å². The predicted molar refractivity (Wildman–Crippen MR) is 151 cm³/mol. The molecule has 0 aliphatic carbocycles. The van der Waals surface area contributed by atoms with Crippen molar-refractivity contribution in [1.82, 2.24) is 15.3 Å². The number of carboxylic acid groups (broad SMARTS) is 1. The second-order valence-electron chi connectivity index (χ2n) is 11.0. The summed E-state index contributed by atoms with van der Waals surface area (Å²) in [6, 6.07) is 14.3. The van der Waals surface area contributed by atoms with Crippen LogP contribution in [0, 0.1) is 12.7 Å². The minimum atomic E-state index is -4.99. The highest BCUT2D eigenvalue weighted by Gasteiger charge is 2.46. The molecule has 0 unspecified atom stereocenters. The third-order valence-electron chi connectivity index (χ3n) is 7.70. The number of rotatable bonds is 8. The number of aliphatic carboxylic acids is 1. The molecule has 3 heterocycles. The summed E-state index contributed by atoms with van der Waals surface area (Å²) in [7, 11) is 0. The van der Waals surface area contributed by atoms with Crippen LogP contribution >= 0.6 is 0 Å². The van der Waals surface area contributed by atoms with E-state index in [1.165, 1.54) is 29.2 Å². The van der Waals surface area contributed by atoms with Gasteiger partial charge >= 0.3 is 18.3 Å². The van der Waals surface area contributed by atoms with Gasteiger partial charge in [0.15, 0.2) is 17.3 Å². The number of nitrogens with one attached hydrogen (secondary N) is 1. The Labute approximate surface area is 253 Å². The van der Waals surface area contributed by atoms with E-state index in [2.05, 4.69) is 10.4 Å². The number of halogens is 7. The number of allylic oxidation sites excluding steroid dienone is 1. The highest BCUT2D eigenvalue weighted by Crippen LogP contribution is 2.38. The highest BCUT2D eigenvalue weighted by molar-refractivity contribution is 5.90. The molecule has 0 spiro atoms. The number of aryl methyl sites for hydroxylation is 1. The lowest BCUT2D eigenvalue weighted by atomic mass is 9.89. The van der Waals surface area contributed by atoms with Crippen LogP contribution in [0.5, 0.6) is 5.75 Å². The van der Waals surface area contributed by atoms with Gasteiger partial charge in [-0.05, 0) is 79.7 Å². The Morgan fingerprint density at radius 1 is 1.04 bits per heavy atom. The lowest BCUT2D eigenvalue weighted by Gasteiger charge is -2.32. The van der Waals surface area contributed by atoms with Gasteiger partial charge in [-0.3, -0.25) is 9.91 Å². The molecule has 0 bridgehead atoms. The molecule has 1 fully saturated rings. The quantitative estimate of drug-likeness (QED) is 0.265. The van der Waals surface area contributed by atoms with Crippen molar-refractivity contribution in [2.24, 2.45) is 0 Å². The Hall–Kier alpha value is -4.17. The first-order valence-corrected chi connectivity index (χ1v) is 14.0. The van der Waals surface area contributed by atoms with Crippen molar-refractivity contribution in [2.75, 3.05) is 31.2 Å². The zero-order valence-electron chi connectivity index (χ0n) is 24.0. The van der Waals surface area contributed by atoms with Crippen LogP contribution < -0.4 is 15.2 Å². The molecule has 240 valence electrons. The Morgan fingerprint density at radius 3 is 2.36 bits per heavy atom. The third kappa shape index (κ3) is 7.56. The molecule has 0 saturated carbocycles. The maximum absolute atomic E-state index is 15.2. The number of alkyl halides is 6. The van der Waals surface area contributed by atoms with Crippen molar-refractivity contribution in [3.63, 3.8) is 0 Å². The zero-order chi connectivity index (χ0) is 32.5. The predicted octanol–water partition coefficient (Wildman–Crippen LogP) is 6.74. The van der Waals surface area contributed by atoms with Gasteiger partial charge in [-0.25, -0.2) is 19.6 Å². The summed E-state index contributed by atoms with van der Waals surface area (Å²) in [6.07, 6.45) is -8.02. The fourth-order valence-electron chi connectivity index (χ4n) is 5.61. The number of hydrogen-bond acceptors (Lipinski definition) is 6. The van der Waals surface area contributed by atoms with Crippen LogP contribution in [-0.4, -0.2) is 59.5 Å². The van der Waals surface area contributed by atoms with E-state index in [1.807, 2.05) is 12.1 Å². The lowest BCUT2D eigenvalue weighted by molar-refractivity contribution is -0.148. The number of nitrogens with zero attached hydrogens (tertiary/aromatic N) is 3. The van der Waals surface area contributed by atoms with Crippen molar-refractivity contribution in [1.29, 1.82) is 0 Å². The van der Waals surface area contributed by atoms with Crippen molar-refractivity contribution >= 4 is 11.8 Å². The van der Waals surface area contributed by atoms with Gasteiger partial charge in [-0.15, -0.1) is 0 Å². The SMILES string of the molecule is Cc1cc(F)c(OCc2ccc(C3CCN(CC(F)(F)F)CC3)cc2)c(-c2cccc(N3NCC(C(=O)O)=C3C(F)(F)F)n2)c1. The van der Waals surface area contributed by atoms with Crippen molar-refractivity contribution in [2.45, 2.75) is 44.6 Å². The summed E-state index contributed by atoms with van der Waals surface area (Å²) in [4.78, 5) is 17.1. The monoisotopic (exact) mass is 638 g/mol. The number of likely N-dealkylation sites (tertiary alicyclic amines) is 1. The average Bonchev–Trinajstić information content (AvgIpc) is 3.43. The summed E-state index contributed by atoms with van der Waals surface area (Å²) in [6.45, 7) is 0.801. The summed E-state index contributed by atoms with van der Waals surface area (Å²) < 4.78 is 101. The van der Waals surface area contributed by atoms with Gasteiger partial charge in [0.05, 0.1) is 17.8 Å². The number of carboxylic acids is 1. The van der Waals surface area contributed by atoms with E-state index in [9.17, 15) is 36.2 Å². The number of hydrazine groups is 1. The number of carbonyl (C=O) groups is 1. The number of ether oxygens (including phenoxy) is 1. The molecule has 1 saturated heterocycles. The molecule has 0 radical (unpaired) electrons. The number of aromatic nitrogens is 1. The molecule has 0 atom stereocenters. The smallest absolute Gasteiger partial charge is 0.433 e. The van der Waals surface area contributed by atoms with Crippen LogP contribution in [0.3, 0.4) is 0 Å². The molecule has 45 heavy (non-hydrogen) atoms. The fraction of sp³-hybridized carbons (Fsp3) is 0.355. The molecular weight excluding hydrogens is 609 g/mol. The average molecular weight is 639 g/mol. The van der Waals surface area contributed by atoms with Gasteiger partial charge in [-0.1, -0.05) is 30.3 Å². The number of piperidine rings is 1. The first-order valence-electron chi connectivity index (χ1n) is 14.0. The highest BCUT2D eigenvalue weighted by atomic mass is 19.4. The Morgan fingerprint density at radius 2 is 1.73 bits per heavy atom. The van der Waals surface area contributed by atoms with E-state index in [4.69, 9.17) is 4.74 Å². The van der Waals surface area contributed by atoms with Gasteiger partial charge in [0.1, 0.15) is 12.4 Å². The summed E-state index contributed by atoms with van der Waals surface area (Å²) in [5.74, 6) is -2.72. The van der Waals surface area contributed by atoms with Crippen molar-refractivity contribution in [3.05, 3.63) is 88.4 Å². The zero-order valence-corrected chi connectivity index (χ0v) is 24.0. The topological polar surface area (TPSA) is 77.9 Å². The van der Waals surface area contributed by atoms with E-state index >= 15 is 4.39 Å². The van der Waals surface area contributed by atoms with E-state index in [1.54, 1.807) is 25.1 Å². The molecule has 5 rings (SSSR count). The molecule has 7 nitrogen and oxygen atoms in total. The number of pyridine rings is 1. The first kappa shape index (κ1) is 32.2. The molecule has 2 N–H and O–H groups in total. The van der Waals surface area contributed by atoms with Crippen molar-refractivity contribution < 1.29 is 45.4 Å². The Kier molecular flexibility index (Phi) is 9.08. The molecule has 2 aromatic carbocycles. The van der Waals surface area contributed by atoms with Crippen molar-refractivity contribution in [3.8, 4) is 17.0 Å². The van der Waals surface area contributed by atoms with Gasteiger partial charge in [0.25, 0.3) is 0 Å². The number of hydrogen-bond donors (Lipinski definition) is 2. The molecule has 2 aliphatic heterocycles. The van der Waals surface area contributed by atoms with Crippen LogP contribution in [0.15, 0.2) is 65.9 Å². The first-order chi connectivity index (χ1) is 21.2. The molecule has 1 aromatic heterocycles. The van der Waals surface area contributed by atoms with Gasteiger partial charge in [0.2, 0.25) is 0 Å². The van der Waals surface area contributed by atoms with Crippen LogP contribution in [0.4, 0.5) is 36.6 Å². The standard InChI is InChI=1S/C31H29F7N4O3/c1-18-13-22(25-3-2-4-26(40-25)42-28(31(36,37)38)23(15-39-42)29(43)44)27(24(32)14-18)45-16-19-5-7-20(8-6-19)21-9-11-41(12-10-21)17-30(33,34)35/h2-8,13-14,21,39H,9-12,15-17H2,1H3,(H,43,44). The van der Waals surface area contributed by atoms with Gasteiger partial charge in [-0.2, -0.15) is 26.3 Å². The normalized spacial score (nSPS) is 16.8. The molecule has 0 amide bonds. The summed E-state index contributed by atoms with van der Waals surface area (Å²) >= 11 is 0.